The van der Waals surface area contributed by atoms with E-state index in [0.717, 1.165) is 57.8 Å². The van der Waals surface area contributed by atoms with E-state index in [9.17, 15) is 14.4 Å². The van der Waals surface area contributed by atoms with Gasteiger partial charge in [0.1, 0.15) is 0 Å². The molecule has 0 heterocycles. The molecule has 4 fully saturated rings. The van der Waals surface area contributed by atoms with Gasteiger partial charge >= 0.3 is 5.97 Å². The molecule has 236 valence electrons. The fraction of sp³-hybridized carbons (Fsp3) is 0.861. The number of amides is 1. The Morgan fingerprint density at radius 2 is 1.64 bits per heavy atom. The normalized spacial score (nSPS) is 46.7. The standard InChI is InChI=1S/C36H57NO5/c1-10-41-28(42-22(2)38)19-23-11-13-34(7)27(31(23,3)4)12-14-36(9)29(34)26(39)20-24-25-21-33(6,30(37)40)16-15-32(25,5)17-18-35(24,36)8/h20,23,25,27-29H,10-19,21H2,1-9H3,(H2,37,40)/t23-,25-,27?,28?,29+,32+,33-,34-,35+,36+/m0/s1. The summed E-state index contributed by atoms with van der Waals surface area (Å²) in [5.41, 5.74) is 6.56. The number of rotatable bonds is 6. The number of hydrogen-bond acceptors (Lipinski definition) is 5. The van der Waals surface area contributed by atoms with Crippen molar-refractivity contribution in [3.63, 3.8) is 0 Å². The fourth-order valence-electron chi connectivity index (χ4n) is 11.7. The number of hydrogen-bond donors (Lipinski definition) is 1. The van der Waals surface area contributed by atoms with Crippen LogP contribution in [0.5, 0.6) is 0 Å². The highest BCUT2D eigenvalue weighted by molar-refractivity contribution is 5.95. The molecule has 4 saturated carbocycles. The van der Waals surface area contributed by atoms with E-state index in [1.54, 1.807) is 0 Å². The van der Waals surface area contributed by atoms with E-state index in [4.69, 9.17) is 15.2 Å². The minimum Gasteiger partial charge on any atom is -0.436 e. The van der Waals surface area contributed by atoms with Crippen molar-refractivity contribution in [2.24, 2.45) is 61.9 Å². The molecule has 0 saturated heterocycles. The minimum atomic E-state index is -0.520. The van der Waals surface area contributed by atoms with Gasteiger partial charge in [-0.25, -0.2) is 0 Å². The molecule has 0 aliphatic heterocycles. The van der Waals surface area contributed by atoms with Gasteiger partial charge in [-0.15, -0.1) is 0 Å². The molecule has 10 atom stereocenters. The third kappa shape index (κ3) is 4.46. The molecule has 1 amide bonds. The van der Waals surface area contributed by atoms with Crippen LogP contribution in [0.1, 0.15) is 127 Å². The largest absolute Gasteiger partial charge is 0.436 e. The number of nitrogens with two attached hydrogens (primary N) is 1. The Bertz CT molecular complexity index is 1180. The number of carbonyl (C=O) groups is 3. The first-order valence-electron chi connectivity index (χ1n) is 16.7. The molecule has 42 heavy (non-hydrogen) atoms. The average Bonchev–Trinajstić information content (AvgIpc) is 2.87. The Morgan fingerprint density at radius 1 is 0.976 bits per heavy atom. The van der Waals surface area contributed by atoms with Crippen molar-refractivity contribution < 1.29 is 23.9 Å². The van der Waals surface area contributed by atoms with Gasteiger partial charge < -0.3 is 15.2 Å². The van der Waals surface area contributed by atoms with Gasteiger partial charge in [-0.1, -0.05) is 54.0 Å². The molecule has 0 aromatic rings. The summed E-state index contributed by atoms with van der Waals surface area (Å²) in [4.78, 5) is 39.0. The SMILES string of the molecule is CCOC(C[C@@H]1CC[C@@]2(C)C(CC[C@]3(C)[C@@H]2C(=O)C=C2[C@@H]4C[C@@](C)(C(N)=O)CC[C@]4(C)CC[C@]23C)C1(C)C)OC(C)=O. The van der Waals surface area contributed by atoms with Crippen molar-refractivity contribution in [3.8, 4) is 0 Å². The number of ether oxygens (including phenoxy) is 2. The second kappa shape index (κ2) is 10.2. The summed E-state index contributed by atoms with van der Waals surface area (Å²) in [6.45, 7) is 20.4. The fourth-order valence-corrected chi connectivity index (χ4v) is 11.7. The topological polar surface area (TPSA) is 95.7 Å². The van der Waals surface area contributed by atoms with E-state index in [1.165, 1.54) is 12.5 Å². The van der Waals surface area contributed by atoms with Gasteiger partial charge in [0.25, 0.3) is 0 Å². The first kappa shape index (κ1) is 31.7. The van der Waals surface area contributed by atoms with Crippen LogP contribution >= 0.6 is 0 Å². The van der Waals surface area contributed by atoms with Crippen LogP contribution in [0.15, 0.2) is 11.6 Å². The number of primary amides is 1. The van der Waals surface area contributed by atoms with Crippen molar-refractivity contribution in [2.75, 3.05) is 6.61 Å². The lowest BCUT2D eigenvalue weighted by atomic mass is 9.33. The van der Waals surface area contributed by atoms with Crippen molar-refractivity contribution in [1.29, 1.82) is 0 Å². The summed E-state index contributed by atoms with van der Waals surface area (Å²) in [5, 5.41) is 0. The van der Waals surface area contributed by atoms with Crippen LogP contribution in [-0.2, 0) is 23.9 Å². The average molecular weight is 584 g/mol. The zero-order chi connectivity index (χ0) is 31.1. The Morgan fingerprint density at radius 3 is 2.26 bits per heavy atom. The quantitative estimate of drug-likeness (QED) is 0.260. The molecule has 0 aromatic heterocycles. The zero-order valence-corrected chi connectivity index (χ0v) is 27.9. The number of ketones is 1. The van der Waals surface area contributed by atoms with Gasteiger partial charge in [-0.2, -0.15) is 0 Å². The van der Waals surface area contributed by atoms with Crippen molar-refractivity contribution in [1.82, 2.24) is 0 Å². The monoisotopic (exact) mass is 583 g/mol. The zero-order valence-electron chi connectivity index (χ0n) is 27.9. The second-order valence-electron chi connectivity index (χ2n) is 16.9. The highest BCUT2D eigenvalue weighted by Crippen LogP contribution is 2.75. The number of allylic oxidation sites excluding steroid dienone is 2. The van der Waals surface area contributed by atoms with Crippen LogP contribution in [0.3, 0.4) is 0 Å². The third-order valence-electron chi connectivity index (χ3n) is 14.5. The summed E-state index contributed by atoms with van der Waals surface area (Å²) < 4.78 is 11.4. The lowest BCUT2D eigenvalue weighted by molar-refractivity contribution is -0.207. The molecule has 5 aliphatic rings. The molecule has 6 nitrogen and oxygen atoms in total. The molecule has 5 rings (SSSR count). The highest BCUT2D eigenvalue weighted by Gasteiger charge is 2.70. The number of fused-ring (bicyclic) bond motifs is 7. The van der Waals surface area contributed by atoms with Crippen LogP contribution in [0.4, 0.5) is 0 Å². The molecule has 0 spiro atoms. The molecule has 0 bridgehead atoms. The maximum Gasteiger partial charge on any atom is 0.304 e. The molecule has 0 radical (unpaired) electrons. The Kier molecular flexibility index (Phi) is 7.68. The predicted molar refractivity (Wildman–Crippen MR) is 164 cm³/mol. The maximum absolute atomic E-state index is 14.6. The van der Waals surface area contributed by atoms with Crippen molar-refractivity contribution in [2.45, 2.75) is 133 Å². The number of esters is 1. The molecular formula is C36H57NO5. The van der Waals surface area contributed by atoms with Crippen LogP contribution < -0.4 is 5.73 Å². The summed E-state index contributed by atoms with van der Waals surface area (Å²) in [7, 11) is 0. The Labute approximate surface area is 254 Å². The lowest BCUT2D eigenvalue weighted by Crippen LogP contribution is -2.66. The van der Waals surface area contributed by atoms with Gasteiger partial charge in [-0.3, -0.25) is 14.4 Å². The molecule has 2 N–H and O–H groups in total. The molecule has 0 aromatic carbocycles. The van der Waals surface area contributed by atoms with E-state index in [1.807, 2.05) is 13.8 Å². The van der Waals surface area contributed by atoms with Gasteiger partial charge in [0, 0.05) is 31.3 Å². The predicted octanol–water partition coefficient (Wildman–Crippen LogP) is 7.38. The Balaban J connectivity index is 1.50. The molecule has 6 heteroatoms. The Hall–Kier alpha value is -1.69. The van der Waals surface area contributed by atoms with E-state index in [2.05, 4.69) is 47.6 Å². The molecule has 5 aliphatic carbocycles. The van der Waals surface area contributed by atoms with E-state index < -0.39 is 11.7 Å². The van der Waals surface area contributed by atoms with Crippen LogP contribution in [-0.4, -0.2) is 30.6 Å². The first-order chi connectivity index (χ1) is 19.4. The van der Waals surface area contributed by atoms with E-state index in [-0.39, 0.29) is 50.8 Å². The van der Waals surface area contributed by atoms with Gasteiger partial charge in [0.05, 0.1) is 0 Å². The first-order valence-corrected chi connectivity index (χ1v) is 16.7. The molecular weight excluding hydrogens is 526 g/mol. The van der Waals surface area contributed by atoms with Crippen molar-refractivity contribution >= 4 is 17.7 Å². The highest BCUT2D eigenvalue weighted by atomic mass is 16.7. The second-order valence-corrected chi connectivity index (χ2v) is 16.9. The van der Waals surface area contributed by atoms with Crippen molar-refractivity contribution in [3.05, 3.63) is 11.6 Å². The summed E-state index contributed by atoms with van der Waals surface area (Å²) in [6.07, 6.45) is 11.2. The van der Waals surface area contributed by atoms with E-state index in [0.29, 0.717) is 30.6 Å². The molecule has 2 unspecified atom stereocenters. The van der Waals surface area contributed by atoms with Crippen LogP contribution in [0.2, 0.25) is 0 Å². The summed E-state index contributed by atoms with van der Waals surface area (Å²) >= 11 is 0. The lowest BCUT2D eigenvalue weighted by Gasteiger charge is -2.70. The third-order valence-corrected chi connectivity index (χ3v) is 14.5. The summed E-state index contributed by atoms with van der Waals surface area (Å²) in [6, 6.07) is 0. The smallest absolute Gasteiger partial charge is 0.304 e. The van der Waals surface area contributed by atoms with Gasteiger partial charge in [-0.05, 0) is 116 Å². The van der Waals surface area contributed by atoms with E-state index >= 15 is 0 Å². The van der Waals surface area contributed by atoms with Gasteiger partial charge in [0.2, 0.25) is 12.2 Å². The summed E-state index contributed by atoms with van der Waals surface area (Å²) in [5.74, 6) is 0.751. The number of carbonyl (C=O) groups excluding carboxylic acids is 3. The van der Waals surface area contributed by atoms with Crippen LogP contribution in [0, 0.1) is 56.2 Å². The minimum absolute atomic E-state index is 0.0210. The van der Waals surface area contributed by atoms with Crippen LogP contribution in [0.25, 0.3) is 0 Å². The van der Waals surface area contributed by atoms with Gasteiger partial charge in [0.15, 0.2) is 5.78 Å². The maximum atomic E-state index is 14.6.